The zero-order chi connectivity index (χ0) is 16.7. The summed E-state index contributed by atoms with van der Waals surface area (Å²) in [6, 6.07) is 4.21. The quantitative estimate of drug-likeness (QED) is 0.846. The zero-order valence-corrected chi connectivity index (χ0v) is 14.4. The van der Waals surface area contributed by atoms with Crippen molar-refractivity contribution in [2.75, 3.05) is 20.8 Å². The van der Waals surface area contributed by atoms with Crippen LogP contribution < -0.4 is 20.1 Å². The maximum absolute atomic E-state index is 12.0. The molecule has 0 heterocycles. The van der Waals surface area contributed by atoms with Gasteiger partial charge in [0.1, 0.15) is 11.5 Å². The van der Waals surface area contributed by atoms with Crippen molar-refractivity contribution in [3.63, 3.8) is 0 Å². The average Bonchev–Trinajstić information content (AvgIpc) is 2.56. The van der Waals surface area contributed by atoms with Gasteiger partial charge in [-0.3, -0.25) is 0 Å². The summed E-state index contributed by atoms with van der Waals surface area (Å²) < 4.78 is 10.8. The van der Waals surface area contributed by atoms with Crippen LogP contribution in [0.25, 0.3) is 0 Å². The largest absolute Gasteiger partial charge is 0.496 e. The van der Waals surface area contributed by atoms with Crippen molar-refractivity contribution >= 4 is 6.03 Å². The number of urea groups is 1. The summed E-state index contributed by atoms with van der Waals surface area (Å²) in [6.45, 7) is 2.56. The Bertz CT molecular complexity index is 525. The van der Waals surface area contributed by atoms with Gasteiger partial charge in [0, 0.05) is 12.6 Å². The Kier molecular flexibility index (Phi) is 6.56. The summed E-state index contributed by atoms with van der Waals surface area (Å²) in [5, 5.41) is 5.99. The first kappa shape index (κ1) is 17.4. The van der Waals surface area contributed by atoms with E-state index < -0.39 is 0 Å². The second-order valence-electron chi connectivity index (χ2n) is 6.12. The summed E-state index contributed by atoms with van der Waals surface area (Å²) >= 11 is 0. The summed E-state index contributed by atoms with van der Waals surface area (Å²) in [4.78, 5) is 12.0. The van der Waals surface area contributed by atoms with Crippen LogP contribution in [0.15, 0.2) is 12.1 Å². The first-order chi connectivity index (χ1) is 11.1. The zero-order valence-electron chi connectivity index (χ0n) is 14.4. The van der Waals surface area contributed by atoms with Crippen molar-refractivity contribution in [2.45, 2.75) is 51.5 Å². The second-order valence-corrected chi connectivity index (χ2v) is 6.12. The molecule has 5 nitrogen and oxygen atoms in total. The smallest absolute Gasteiger partial charge is 0.315 e. The van der Waals surface area contributed by atoms with E-state index in [0.717, 1.165) is 35.5 Å². The normalized spacial score (nSPS) is 15.1. The average molecular weight is 320 g/mol. The number of methoxy groups -OCH3 is 2. The molecule has 0 aromatic heterocycles. The predicted molar refractivity (Wildman–Crippen MR) is 91.4 cm³/mol. The molecule has 128 valence electrons. The Morgan fingerprint density at radius 1 is 1.13 bits per heavy atom. The number of hydrogen-bond donors (Lipinski definition) is 2. The van der Waals surface area contributed by atoms with Crippen molar-refractivity contribution in [2.24, 2.45) is 0 Å². The standard InChI is InChI=1S/C18H28N2O3/c1-13-11-17(23-3)14(12-16(13)22-2)9-10-19-18(21)20-15-7-5-4-6-8-15/h11-12,15H,4-10H2,1-3H3,(H2,19,20,21). The highest BCUT2D eigenvalue weighted by Gasteiger charge is 2.15. The molecular formula is C18H28N2O3. The Labute approximate surface area is 138 Å². The van der Waals surface area contributed by atoms with Crippen molar-refractivity contribution in [1.82, 2.24) is 10.6 Å². The van der Waals surface area contributed by atoms with Gasteiger partial charge in [-0.15, -0.1) is 0 Å². The summed E-state index contributed by atoms with van der Waals surface area (Å²) in [6.07, 6.45) is 6.61. The van der Waals surface area contributed by atoms with Gasteiger partial charge < -0.3 is 20.1 Å². The minimum atomic E-state index is -0.0741. The third kappa shape index (κ3) is 5.05. The highest BCUT2D eigenvalue weighted by atomic mass is 16.5. The van der Waals surface area contributed by atoms with E-state index in [4.69, 9.17) is 9.47 Å². The number of carbonyl (C=O) groups is 1. The number of amides is 2. The molecule has 2 N–H and O–H groups in total. The molecule has 5 heteroatoms. The lowest BCUT2D eigenvalue weighted by molar-refractivity contribution is 0.233. The number of hydrogen-bond acceptors (Lipinski definition) is 3. The molecule has 0 aliphatic heterocycles. The number of rotatable bonds is 6. The van der Waals surface area contributed by atoms with Crippen LogP contribution in [-0.2, 0) is 6.42 Å². The monoisotopic (exact) mass is 320 g/mol. The lowest BCUT2D eigenvalue weighted by atomic mass is 9.96. The van der Waals surface area contributed by atoms with E-state index in [1.807, 2.05) is 19.1 Å². The topological polar surface area (TPSA) is 59.6 Å². The van der Waals surface area contributed by atoms with Gasteiger partial charge >= 0.3 is 6.03 Å². The molecule has 0 spiro atoms. The van der Waals surface area contributed by atoms with E-state index in [-0.39, 0.29) is 6.03 Å². The van der Waals surface area contributed by atoms with Crippen molar-refractivity contribution in [3.8, 4) is 11.5 Å². The van der Waals surface area contributed by atoms with E-state index in [2.05, 4.69) is 10.6 Å². The fourth-order valence-electron chi connectivity index (χ4n) is 3.10. The lowest BCUT2D eigenvalue weighted by Gasteiger charge is -2.23. The molecule has 1 saturated carbocycles. The van der Waals surface area contributed by atoms with Crippen molar-refractivity contribution in [1.29, 1.82) is 0 Å². The Morgan fingerprint density at radius 2 is 1.83 bits per heavy atom. The molecule has 0 unspecified atom stereocenters. The van der Waals surface area contributed by atoms with Crippen LogP contribution in [-0.4, -0.2) is 32.8 Å². The number of nitrogens with one attached hydrogen (secondary N) is 2. The molecule has 0 radical (unpaired) electrons. The number of benzene rings is 1. The van der Waals surface area contributed by atoms with E-state index >= 15 is 0 Å². The van der Waals surface area contributed by atoms with Gasteiger partial charge in [-0.25, -0.2) is 4.79 Å². The summed E-state index contributed by atoms with van der Waals surface area (Å²) in [5.41, 5.74) is 2.07. The lowest BCUT2D eigenvalue weighted by Crippen LogP contribution is -2.43. The molecule has 2 amide bonds. The maximum atomic E-state index is 12.0. The Morgan fingerprint density at radius 3 is 2.48 bits per heavy atom. The third-order valence-corrected chi connectivity index (χ3v) is 4.42. The van der Waals surface area contributed by atoms with E-state index in [1.165, 1.54) is 19.3 Å². The number of aryl methyl sites for hydroxylation is 1. The van der Waals surface area contributed by atoms with Crippen LogP contribution in [0.2, 0.25) is 0 Å². The summed E-state index contributed by atoms with van der Waals surface area (Å²) in [5.74, 6) is 1.67. The van der Waals surface area contributed by atoms with Crippen LogP contribution in [0.5, 0.6) is 11.5 Å². The van der Waals surface area contributed by atoms with E-state index in [1.54, 1.807) is 14.2 Å². The minimum Gasteiger partial charge on any atom is -0.496 e. The van der Waals surface area contributed by atoms with Crippen LogP contribution in [0.1, 0.15) is 43.2 Å². The van der Waals surface area contributed by atoms with Crippen LogP contribution in [0.4, 0.5) is 4.79 Å². The van der Waals surface area contributed by atoms with Crippen LogP contribution in [0, 0.1) is 6.92 Å². The van der Waals surface area contributed by atoms with Gasteiger partial charge in [0.25, 0.3) is 0 Å². The molecule has 0 atom stereocenters. The van der Waals surface area contributed by atoms with Crippen molar-refractivity contribution < 1.29 is 14.3 Å². The van der Waals surface area contributed by atoms with E-state index in [0.29, 0.717) is 19.0 Å². The molecule has 23 heavy (non-hydrogen) atoms. The Hall–Kier alpha value is -1.91. The molecule has 0 bridgehead atoms. The molecular weight excluding hydrogens is 292 g/mol. The van der Waals surface area contributed by atoms with Gasteiger partial charge in [-0.1, -0.05) is 19.3 Å². The molecule has 1 aromatic carbocycles. The van der Waals surface area contributed by atoms with Gasteiger partial charge in [0.2, 0.25) is 0 Å². The SMILES string of the molecule is COc1cc(CCNC(=O)NC2CCCCC2)c(OC)cc1C. The van der Waals surface area contributed by atoms with E-state index in [9.17, 15) is 4.79 Å². The van der Waals surface area contributed by atoms with Crippen LogP contribution in [0.3, 0.4) is 0 Å². The molecule has 1 aliphatic carbocycles. The molecule has 1 fully saturated rings. The van der Waals surface area contributed by atoms with Crippen LogP contribution >= 0.6 is 0 Å². The maximum Gasteiger partial charge on any atom is 0.315 e. The highest BCUT2D eigenvalue weighted by Crippen LogP contribution is 2.28. The van der Waals surface area contributed by atoms with Crippen molar-refractivity contribution in [3.05, 3.63) is 23.3 Å². The number of carbonyl (C=O) groups excluding carboxylic acids is 1. The van der Waals surface area contributed by atoms with Gasteiger partial charge in [-0.05, 0) is 49.4 Å². The molecule has 1 aliphatic rings. The molecule has 0 saturated heterocycles. The van der Waals surface area contributed by atoms with Gasteiger partial charge in [0.15, 0.2) is 0 Å². The molecule has 1 aromatic rings. The first-order valence-corrected chi connectivity index (χ1v) is 8.40. The first-order valence-electron chi connectivity index (χ1n) is 8.40. The van der Waals surface area contributed by atoms with Gasteiger partial charge in [0.05, 0.1) is 14.2 Å². The summed E-state index contributed by atoms with van der Waals surface area (Å²) in [7, 11) is 3.32. The second kappa shape index (κ2) is 8.65. The third-order valence-electron chi connectivity index (χ3n) is 4.42. The highest BCUT2D eigenvalue weighted by molar-refractivity contribution is 5.74. The fraction of sp³-hybridized carbons (Fsp3) is 0.611. The fourth-order valence-corrected chi connectivity index (χ4v) is 3.10. The minimum absolute atomic E-state index is 0.0741. The molecule has 2 rings (SSSR count). The Balaban J connectivity index is 1.84. The number of ether oxygens (including phenoxy) is 2. The van der Waals surface area contributed by atoms with Gasteiger partial charge in [-0.2, -0.15) is 0 Å². The predicted octanol–water partition coefficient (Wildman–Crippen LogP) is 3.19.